The van der Waals surface area contributed by atoms with E-state index in [4.69, 9.17) is 4.74 Å². The standard InChI is InChI=1S/C15H23NO2/c1-12(13-5-3-4-6-14(13)17)16-11-15(7-8-15)9-10-18-2/h3-6,12,16-17H,7-11H2,1-2H3. The third kappa shape index (κ3) is 3.24. The number of phenolic OH excluding ortho intramolecular Hbond substituents is 1. The molecule has 1 aliphatic rings. The van der Waals surface area contributed by atoms with Gasteiger partial charge in [-0.15, -0.1) is 0 Å². The Balaban J connectivity index is 1.85. The van der Waals surface area contributed by atoms with Crippen molar-refractivity contribution in [1.82, 2.24) is 5.32 Å². The predicted octanol–water partition coefficient (Wildman–Crippen LogP) is 2.86. The maximum atomic E-state index is 9.81. The Bertz CT molecular complexity index is 388. The number of methoxy groups -OCH3 is 1. The van der Waals surface area contributed by atoms with E-state index in [2.05, 4.69) is 12.2 Å². The quantitative estimate of drug-likeness (QED) is 0.780. The average Bonchev–Trinajstić information content (AvgIpc) is 3.15. The lowest BCUT2D eigenvalue weighted by molar-refractivity contribution is 0.170. The molecule has 1 aromatic carbocycles. The first-order valence-corrected chi connectivity index (χ1v) is 6.67. The number of nitrogens with one attached hydrogen (secondary N) is 1. The van der Waals surface area contributed by atoms with Crippen molar-refractivity contribution >= 4 is 0 Å². The van der Waals surface area contributed by atoms with Crippen LogP contribution >= 0.6 is 0 Å². The highest BCUT2D eigenvalue weighted by Gasteiger charge is 2.41. The zero-order chi connectivity index (χ0) is 13.0. The first-order chi connectivity index (χ1) is 8.67. The Labute approximate surface area is 109 Å². The number of hydrogen-bond acceptors (Lipinski definition) is 3. The summed E-state index contributed by atoms with van der Waals surface area (Å²) in [6, 6.07) is 7.72. The molecule has 1 fully saturated rings. The molecule has 3 nitrogen and oxygen atoms in total. The van der Waals surface area contributed by atoms with Crippen molar-refractivity contribution in [3.63, 3.8) is 0 Å². The Morgan fingerprint density at radius 2 is 2.11 bits per heavy atom. The van der Waals surface area contributed by atoms with Gasteiger partial charge in [-0.2, -0.15) is 0 Å². The van der Waals surface area contributed by atoms with E-state index in [9.17, 15) is 5.11 Å². The highest BCUT2D eigenvalue weighted by molar-refractivity contribution is 5.34. The van der Waals surface area contributed by atoms with Gasteiger partial charge in [0.2, 0.25) is 0 Å². The Morgan fingerprint density at radius 3 is 2.72 bits per heavy atom. The van der Waals surface area contributed by atoms with E-state index in [1.165, 1.54) is 12.8 Å². The summed E-state index contributed by atoms with van der Waals surface area (Å²) < 4.78 is 5.16. The average molecular weight is 249 g/mol. The molecule has 0 amide bonds. The molecule has 0 spiro atoms. The number of para-hydroxylation sites is 1. The van der Waals surface area contributed by atoms with Crippen molar-refractivity contribution in [1.29, 1.82) is 0 Å². The molecule has 1 aliphatic carbocycles. The van der Waals surface area contributed by atoms with Crippen LogP contribution < -0.4 is 5.32 Å². The lowest BCUT2D eigenvalue weighted by Gasteiger charge is -2.20. The number of rotatable bonds is 7. The number of phenols is 1. The number of hydrogen-bond donors (Lipinski definition) is 2. The summed E-state index contributed by atoms with van der Waals surface area (Å²) in [7, 11) is 1.76. The topological polar surface area (TPSA) is 41.5 Å². The molecular formula is C15H23NO2. The molecule has 0 bridgehead atoms. The monoisotopic (exact) mass is 249 g/mol. The summed E-state index contributed by atoms with van der Waals surface area (Å²) in [6.45, 7) is 3.94. The fourth-order valence-electron chi connectivity index (χ4n) is 2.34. The lowest BCUT2D eigenvalue weighted by atomic mass is 10.0. The van der Waals surface area contributed by atoms with Crippen molar-refractivity contribution < 1.29 is 9.84 Å². The summed E-state index contributed by atoms with van der Waals surface area (Å²) in [4.78, 5) is 0. The van der Waals surface area contributed by atoms with E-state index in [-0.39, 0.29) is 6.04 Å². The van der Waals surface area contributed by atoms with Gasteiger partial charge in [0.25, 0.3) is 0 Å². The van der Waals surface area contributed by atoms with Gasteiger partial charge in [0.15, 0.2) is 0 Å². The van der Waals surface area contributed by atoms with Crippen molar-refractivity contribution in [3.8, 4) is 5.75 Å². The molecule has 0 aromatic heterocycles. The van der Waals surface area contributed by atoms with Gasteiger partial charge >= 0.3 is 0 Å². The first-order valence-electron chi connectivity index (χ1n) is 6.67. The van der Waals surface area contributed by atoms with Gasteiger partial charge < -0.3 is 15.2 Å². The number of ether oxygens (including phenoxy) is 1. The van der Waals surface area contributed by atoms with Gasteiger partial charge in [0, 0.05) is 31.9 Å². The lowest BCUT2D eigenvalue weighted by Crippen LogP contribution is -2.27. The number of benzene rings is 1. The summed E-state index contributed by atoms with van der Waals surface area (Å²) in [6.07, 6.45) is 3.71. The molecule has 0 aliphatic heterocycles. The van der Waals surface area contributed by atoms with Gasteiger partial charge in [0.1, 0.15) is 5.75 Å². The third-order valence-corrected chi connectivity index (χ3v) is 3.98. The summed E-state index contributed by atoms with van der Waals surface area (Å²) >= 11 is 0. The van der Waals surface area contributed by atoms with E-state index in [0.29, 0.717) is 11.2 Å². The molecule has 18 heavy (non-hydrogen) atoms. The maximum absolute atomic E-state index is 9.81. The third-order valence-electron chi connectivity index (χ3n) is 3.98. The SMILES string of the molecule is COCCC1(CNC(C)c2ccccc2O)CC1. The fourth-order valence-corrected chi connectivity index (χ4v) is 2.34. The predicted molar refractivity (Wildman–Crippen MR) is 72.7 cm³/mol. The van der Waals surface area contributed by atoms with Crippen LogP contribution in [0.1, 0.15) is 37.8 Å². The van der Waals surface area contributed by atoms with E-state index < -0.39 is 0 Å². The van der Waals surface area contributed by atoms with Gasteiger partial charge in [-0.3, -0.25) is 0 Å². The molecule has 0 radical (unpaired) electrons. The smallest absolute Gasteiger partial charge is 0.120 e. The molecule has 2 rings (SSSR count). The molecule has 1 aromatic rings. The molecule has 1 atom stereocenters. The zero-order valence-electron chi connectivity index (χ0n) is 11.3. The minimum Gasteiger partial charge on any atom is -0.508 e. The van der Waals surface area contributed by atoms with E-state index >= 15 is 0 Å². The van der Waals surface area contributed by atoms with E-state index in [1.807, 2.05) is 18.2 Å². The Morgan fingerprint density at radius 1 is 1.39 bits per heavy atom. The molecule has 3 heteroatoms. The van der Waals surface area contributed by atoms with Crippen LogP contribution in [0.5, 0.6) is 5.75 Å². The highest BCUT2D eigenvalue weighted by Crippen LogP contribution is 2.48. The number of aromatic hydroxyl groups is 1. The maximum Gasteiger partial charge on any atom is 0.120 e. The first kappa shape index (κ1) is 13.4. The van der Waals surface area contributed by atoms with Crippen LogP contribution in [0.3, 0.4) is 0 Å². The fraction of sp³-hybridized carbons (Fsp3) is 0.600. The van der Waals surface area contributed by atoms with Gasteiger partial charge in [-0.05, 0) is 37.7 Å². The molecule has 100 valence electrons. The van der Waals surface area contributed by atoms with Crippen molar-refractivity contribution in [2.75, 3.05) is 20.3 Å². The van der Waals surface area contributed by atoms with Crippen LogP contribution in [-0.2, 0) is 4.74 Å². The van der Waals surface area contributed by atoms with Gasteiger partial charge in [0.05, 0.1) is 0 Å². The van der Waals surface area contributed by atoms with Crippen molar-refractivity contribution in [2.24, 2.45) is 5.41 Å². The van der Waals surface area contributed by atoms with Gasteiger partial charge in [-0.1, -0.05) is 18.2 Å². The second-order valence-electron chi connectivity index (χ2n) is 5.40. The second-order valence-corrected chi connectivity index (χ2v) is 5.40. The highest BCUT2D eigenvalue weighted by atomic mass is 16.5. The molecule has 2 N–H and O–H groups in total. The molecular weight excluding hydrogens is 226 g/mol. The van der Waals surface area contributed by atoms with E-state index in [1.54, 1.807) is 13.2 Å². The van der Waals surface area contributed by atoms with E-state index in [0.717, 1.165) is 25.1 Å². The minimum atomic E-state index is 0.186. The normalized spacial score (nSPS) is 18.6. The largest absolute Gasteiger partial charge is 0.508 e. The molecule has 0 heterocycles. The zero-order valence-corrected chi connectivity index (χ0v) is 11.3. The van der Waals surface area contributed by atoms with Crippen LogP contribution in [0.15, 0.2) is 24.3 Å². The summed E-state index contributed by atoms with van der Waals surface area (Å²) in [5.74, 6) is 0.374. The van der Waals surface area contributed by atoms with Crippen LogP contribution in [-0.4, -0.2) is 25.4 Å². The molecule has 0 saturated heterocycles. The summed E-state index contributed by atoms with van der Waals surface area (Å²) in [5.41, 5.74) is 1.41. The van der Waals surface area contributed by atoms with Gasteiger partial charge in [-0.25, -0.2) is 0 Å². The summed E-state index contributed by atoms with van der Waals surface area (Å²) in [5, 5.41) is 13.3. The van der Waals surface area contributed by atoms with Crippen LogP contribution in [0.25, 0.3) is 0 Å². The molecule has 1 unspecified atom stereocenters. The second kappa shape index (κ2) is 5.72. The Hall–Kier alpha value is -1.06. The van der Waals surface area contributed by atoms with Crippen LogP contribution in [0.4, 0.5) is 0 Å². The minimum absolute atomic E-state index is 0.186. The van der Waals surface area contributed by atoms with Crippen LogP contribution in [0.2, 0.25) is 0 Å². The van der Waals surface area contributed by atoms with Crippen molar-refractivity contribution in [3.05, 3.63) is 29.8 Å². The Kier molecular flexibility index (Phi) is 4.25. The van der Waals surface area contributed by atoms with Crippen LogP contribution in [0, 0.1) is 5.41 Å². The van der Waals surface area contributed by atoms with Crippen molar-refractivity contribution in [2.45, 2.75) is 32.2 Å². The molecule has 1 saturated carbocycles.